The number of hydrogen-bond donors (Lipinski definition) is 0. The van der Waals surface area contributed by atoms with Crippen molar-refractivity contribution in [2.24, 2.45) is 5.41 Å². The lowest BCUT2D eigenvalue weighted by molar-refractivity contribution is -0.159. The third kappa shape index (κ3) is 3.82. The minimum absolute atomic E-state index is 0.176. The van der Waals surface area contributed by atoms with Crippen LogP contribution in [-0.4, -0.2) is 18.0 Å². The molecular formula is C20H20O4. The van der Waals surface area contributed by atoms with Crippen molar-refractivity contribution in [1.82, 2.24) is 0 Å². The van der Waals surface area contributed by atoms with Crippen LogP contribution in [0, 0.1) is 5.41 Å². The van der Waals surface area contributed by atoms with E-state index in [2.05, 4.69) is 0 Å². The topological polar surface area (TPSA) is 52.6 Å². The number of ether oxygens (including phenoxy) is 2. The van der Waals surface area contributed by atoms with Crippen molar-refractivity contribution >= 4 is 11.9 Å². The van der Waals surface area contributed by atoms with Crippen molar-refractivity contribution < 1.29 is 19.1 Å². The fourth-order valence-corrected chi connectivity index (χ4v) is 2.49. The molecule has 0 N–H and O–H groups in total. The number of hydrogen-bond acceptors (Lipinski definition) is 4. The molecule has 0 radical (unpaired) electrons. The van der Waals surface area contributed by atoms with Gasteiger partial charge in [-0.3, -0.25) is 0 Å². The zero-order chi connectivity index (χ0) is 17.0. The molecule has 0 saturated heterocycles. The van der Waals surface area contributed by atoms with E-state index in [4.69, 9.17) is 9.47 Å². The highest BCUT2D eigenvalue weighted by Crippen LogP contribution is 2.50. The maximum Gasteiger partial charge on any atom is 0.348 e. The summed E-state index contributed by atoms with van der Waals surface area (Å²) in [5, 5.41) is 0. The molecule has 124 valence electrons. The molecule has 1 aliphatic carbocycles. The Morgan fingerprint density at radius 3 is 2.17 bits per heavy atom. The normalized spacial score (nSPS) is 16.0. The first kappa shape index (κ1) is 16.2. The van der Waals surface area contributed by atoms with E-state index < -0.39 is 18.0 Å². The molecule has 3 rings (SSSR count). The highest BCUT2D eigenvalue weighted by atomic mass is 16.6. The lowest BCUT2D eigenvalue weighted by atomic mass is 10.0. The quantitative estimate of drug-likeness (QED) is 0.759. The number of rotatable bonds is 6. The first-order valence-corrected chi connectivity index (χ1v) is 8.05. The largest absolute Gasteiger partial charge is 0.458 e. The molecule has 1 atom stereocenters. The van der Waals surface area contributed by atoms with Crippen molar-refractivity contribution in [3.05, 3.63) is 71.8 Å². The molecule has 0 bridgehead atoms. The highest BCUT2D eigenvalue weighted by molar-refractivity contribution is 5.91. The average Bonchev–Trinajstić information content (AvgIpc) is 3.37. The van der Waals surface area contributed by atoms with Crippen LogP contribution in [0.2, 0.25) is 0 Å². The van der Waals surface area contributed by atoms with Gasteiger partial charge in [0.15, 0.2) is 0 Å². The maximum absolute atomic E-state index is 12.5. The van der Waals surface area contributed by atoms with Gasteiger partial charge < -0.3 is 9.47 Å². The fraction of sp³-hybridized carbons (Fsp3) is 0.300. The summed E-state index contributed by atoms with van der Waals surface area (Å²) in [4.78, 5) is 24.7. The molecule has 0 aromatic heterocycles. The average molecular weight is 324 g/mol. The zero-order valence-electron chi connectivity index (χ0n) is 13.6. The summed E-state index contributed by atoms with van der Waals surface area (Å²) < 4.78 is 10.9. The monoisotopic (exact) mass is 324 g/mol. The van der Waals surface area contributed by atoms with Gasteiger partial charge in [-0.25, -0.2) is 9.59 Å². The van der Waals surface area contributed by atoms with E-state index in [0.29, 0.717) is 5.56 Å². The molecule has 0 heterocycles. The molecule has 4 heteroatoms. The summed E-state index contributed by atoms with van der Waals surface area (Å²) in [5.41, 5.74) is 1.01. The lowest BCUT2D eigenvalue weighted by Crippen LogP contribution is -2.36. The van der Waals surface area contributed by atoms with Gasteiger partial charge in [-0.05, 0) is 30.5 Å². The number of carbonyl (C=O) groups excluding carboxylic acids is 2. The van der Waals surface area contributed by atoms with Crippen LogP contribution in [0.5, 0.6) is 0 Å². The molecule has 1 saturated carbocycles. The van der Waals surface area contributed by atoms with Crippen molar-refractivity contribution in [2.45, 2.75) is 32.5 Å². The first-order chi connectivity index (χ1) is 11.6. The van der Waals surface area contributed by atoms with Crippen molar-refractivity contribution in [3.8, 4) is 0 Å². The minimum Gasteiger partial charge on any atom is -0.458 e. The highest BCUT2D eigenvalue weighted by Gasteiger charge is 2.52. The second kappa shape index (κ2) is 6.87. The first-order valence-electron chi connectivity index (χ1n) is 8.05. The summed E-state index contributed by atoms with van der Waals surface area (Å²) in [5.74, 6) is -0.978. The van der Waals surface area contributed by atoms with Crippen molar-refractivity contribution in [1.29, 1.82) is 0 Å². The van der Waals surface area contributed by atoms with Crippen LogP contribution in [0.4, 0.5) is 0 Å². The van der Waals surface area contributed by atoms with Crippen LogP contribution in [-0.2, 0) is 20.9 Å². The van der Waals surface area contributed by atoms with Crippen LogP contribution >= 0.6 is 0 Å². The van der Waals surface area contributed by atoms with E-state index in [9.17, 15) is 9.59 Å². The van der Waals surface area contributed by atoms with E-state index in [1.807, 2.05) is 43.3 Å². The van der Waals surface area contributed by atoms with Gasteiger partial charge in [-0.15, -0.1) is 0 Å². The van der Waals surface area contributed by atoms with E-state index in [1.165, 1.54) is 0 Å². The van der Waals surface area contributed by atoms with Crippen LogP contribution in [0.3, 0.4) is 0 Å². The van der Waals surface area contributed by atoms with Crippen LogP contribution < -0.4 is 0 Å². The Labute approximate surface area is 141 Å². The van der Waals surface area contributed by atoms with Crippen LogP contribution in [0.25, 0.3) is 0 Å². The van der Waals surface area contributed by atoms with E-state index in [-0.39, 0.29) is 12.0 Å². The van der Waals surface area contributed by atoms with Gasteiger partial charge in [-0.1, -0.05) is 55.5 Å². The third-order valence-corrected chi connectivity index (χ3v) is 4.34. The summed E-state index contributed by atoms with van der Waals surface area (Å²) in [7, 11) is 0. The molecule has 24 heavy (non-hydrogen) atoms. The van der Waals surface area contributed by atoms with Gasteiger partial charge in [0.2, 0.25) is 6.10 Å². The molecule has 2 aromatic carbocycles. The summed E-state index contributed by atoms with van der Waals surface area (Å²) >= 11 is 0. The predicted octanol–water partition coefficient (Wildman–Crippen LogP) is 3.76. The molecule has 0 spiro atoms. The van der Waals surface area contributed by atoms with Crippen molar-refractivity contribution in [2.75, 3.05) is 0 Å². The van der Waals surface area contributed by atoms with Gasteiger partial charge >= 0.3 is 11.9 Å². The van der Waals surface area contributed by atoms with E-state index >= 15 is 0 Å². The molecule has 1 unspecified atom stereocenters. The number of benzene rings is 2. The molecule has 0 amide bonds. The fourth-order valence-electron chi connectivity index (χ4n) is 2.49. The number of carbonyl (C=O) groups is 2. The standard InChI is InChI=1S/C20H20O4/c1-20(12-13-20)17(24-18(21)16-10-6-3-7-11-16)19(22)23-14-15-8-4-2-5-9-15/h2-11,17H,12-14H2,1H3. The van der Waals surface area contributed by atoms with Crippen LogP contribution in [0.15, 0.2) is 60.7 Å². The molecule has 0 aliphatic heterocycles. The van der Waals surface area contributed by atoms with Gasteiger partial charge in [0.05, 0.1) is 5.56 Å². The third-order valence-electron chi connectivity index (χ3n) is 4.34. The van der Waals surface area contributed by atoms with E-state index in [1.54, 1.807) is 24.3 Å². The van der Waals surface area contributed by atoms with Gasteiger partial charge in [-0.2, -0.15) is 0 Å². The number of esters is 2. The van der Waals surface area contributed by atoms with Crippen LogP contribution in [0.1, 0.15) is 35.7 Å². The van der Waals surface area contributed by atoms with Gasteiger partial charge in [0.1, 0.15) is 6.61 Å². The Kier molecular flexibility index (Phi) is 4.65. The Hall–Kier alpha value is -2.62. The smallest absolute Gasteiger partial charge is 0.348 e. The summed E-state index contributed by atoms with van der Waals surface area (Å²) in [6, 6.07) is 18.1. The molecule has 2 aromatic rings. The Bertz CT molecular complexity index is 705. The van der Waals surface area contributed by atoms with Gasteiger partial charge in [0.25, 0.3) is 0 Å². The summed E-state index contributed by atoms with van der Waals surface area (Å²) in [6.45, 7) is 2.12. The van der Waals surface area contributed by atoms with E-state index in [0.717, 1.165) is 18.4 Å². The van der Waals surface area contributed by atoms with Crippen molar-refractivity contribution in [3.63, 3.8) is 0 Å². The minimum atomic E-state index is -0.867. The SMILES string of the molecule is CC1(C(OC(=O)c2ccccc2)C(=O)OCc2ccccc2)CC1. The second-order valence-electron chi connectivity index (χ2n) is 6.40. The Morgan fingerprint density at radius 1 is 1.00 bits per heavy atom. The molecular weight excluding hydrogens is 304 g/mol. The Morgan fingerprint density at radius 2 is 1.58 bits per heavy atom. The summed E-state index contributed by atoms with van der Waals surface area (Å²) in [6.07, 6.45) is 0.828. The predicted molar refractivity (Wildman–Crippen MR) is 89.2 cm³/mol. The maximum atomic E-state index is 12.5. The van der Waals surface area contributed by atoms with Gasteiger partial charge in [0, 0.05) is 5.41 Å². The Balaban J connectivity index is 1.66. The molecule has 4 nitrogen and oxygen atoms in total. The molecule has 1 fully saturated rings. The lowest BCUT2D eigenvalue weighted by Gasteiger charge is -2.22. The zero-order valence-corrected chi connectivity index (χ0v) is 13.6. The molecule has 1 aliphatic rings. The second-order valence-corrected chi connectivity index (χ2v) is 6.40.